The van der Waals surface area contributed by atoms with Crippen LogP contribution in [0.5, 0.6) is 11.5 Å². The Bertz CT molecular complexity index is 503. The van der Waals surface area contributed by atoms with Gasteiger partial charge in [-0.25, -0.2) is 4.98 Å². The maximum absolute atomic E-state index is 5.76. The van der Waals surface area contributed by atoms with Crippen LogP contribution in [0.2, 0.25) is 0 Å². The molecule has 1 aromatic carbocycles. The summed E-state index contributed by atoms with van der Waals surface area (Å²) < 4.78 is 11.3. The topological polar surface area (TPSA) is 57.4 Å². The van der Waals surface area contributed by atoms with Crippen molar-refractivity contribution in [1.82, 2.24) is 4.98 Å². The molecule has 1 aromatic heterocycles. The number of rotatable bonds is 1. The van der Waals surface area contributed by atoms with Crippen molar-refractivity contribution in [2.45, 2.75) is 6.29 Å². The van der Waals surface area contributed by atoms with E-state index in [9.17, 15) is 0 Å². The summed E-state index contributed by atoms with van der Waals surface area (Å²) in [5.74, 6) is 1.90. The number of aromatic nitrogens is 1. The Balaban J connectivity index is 1.95. The number of nitrogens with zero attached hydrogens (tertiary/aromatic N) is 1. The van der Waals surface area contributed by atoms with Gasteiger partial charge in [-0.3, -0.25) is 0 Å². The lowest BCUT2D eigenvalue weighted by atomic mass is 10.2. The highest BCUT2D eigenvalue weighted by molar-refractivity contribution is 5.46. The number of fused-ring (bicyclic) bond motifs is 1. The molecule has 0 saturated carbocycles. The summed E-state index contributed by atoms with van der Waals surface area (Å²) in [6.07, 6.45) is 1.15. The Hall–Kier alpha value is -2.23. The number of nitrogens with two attached hydrogens (primary N) is 1. The van der Waals surface area contributed by atoms with Gasteiger partial charge < -0.3 is 15.2 Å². The minimum absolute atomic E-state index is 0.431. The predicted octanol–water partition coefficient (Wildman–Crippen LogP) is 2.13. The quantitative estimate of drug-likeness (QED) is 0.790. The van der Waals surface area contributed by atoms with Gasteiger partial charge in [0.1, 0.15) is 5.82 Å². The van der Waals surface area contributed by atoms with Crippen LogP contribution < -0.4 is 15.2 Å². The standard InChI is InChI=1S/C12H10N2O2/c13-11-8(4-3-7-14-11)12-15-9-5-1-2-6-10(9)16-12/h1-7,12H,(H2,13,14). The third-order valence-electron chi connectivity index (χ3n) is 2.44. The van der Waals surface area contributed by atoms with Gasteiger partial charge >= 0.3 is 0 Å². The third-order valence-corrected chi connectivity index (χ3v) is 2.44. The predicted molar refractivity (Wildman–Crippen MR) is 59.1 cm³/mol. The molecule has 0 bridgehead atoms. The van der Waals surface area contributed by atoms with Crippen molar-refractivity contribution >= 4 is 5.82 Å². The van der Waals surface area contributed by atoms with E-state index < -0.39 is 6.29 Å². The molecule has 0 amide bonds. The van der Waals surface area contributed by atoms with Crippen LogP contribution in [0.1, 0.15) is 11.9 Å². The van der Waals surface area contributed by atoms with Crippen LogP contribution in [0.4, 0.5) is 5.82 Å². The van der Waals surface area contributed by atoms with Gasteiger partial charge in [-0.1, -0.05) is 12.1 Å². The molecule has 4 nitrogen and oxygen atoms in total. The Morgan fingerprint density at radius 3 is 2.31 bits per heavy atom. The number of pyridine rings is 1. The minimum Gasteiger partial charge on any atom is -0.447 e. The van der Waals surface area contributed by atoms with Gasteiger partial charge in [0.05, 0.1) is 5.56 Å². The first-order chi connectivity index (χ1) is 7.84. The van der Waals surface area contributed by atoms with Crippen molar-refractivity contribution in [3.05, 3.63) is 48.2 Å². The van der Waals surface area contributed by atoms with Gasteiger partial charge in [-0.2, -0.15) is 0 Å². The van der Waals surface area contributed by atoms with Crippen molar-refractivity contribution in [3.8, 4) is 11.5 Å². The summed E-state index contributed by atoms with van der Waals surface area (Å²) in [5, 5.41) is 0. The average Bonchev–Trinajstić information content (AvgIpc) is 2.73. The van der Waals surface area contributed by atoms with E-state index in [0.29, 0.717) is 5.82 Å². The normalized spacial score (nSPS) is 14.0. The summed E-state index contributed by atoms with van der Waals surface area (Å²) in [5.41, 5.74) is 6.51. The van der Waals surface area contributed by atoms with Crippen LogP contribution in [0.25, 0.3) is 0 Å². The van der Waals surface area contributed by atoms with E-state index in [1.807, 2.05) is 30.3 Å². The largest absolute Gasteiger partial charge is 0.447 e. The van der Waals surface area contributed by atoms with Crippen molar-refractivity contribution in [3.63, 3.8) is 0 Å². The molecule has 0 spiro atoms. The van der Waals surface area contributed by atoms with Crippen molar-refractivity contribution in [2.75, 3.05) is 5.73 Å². The van der Waals surface area contributed by atoms with Crippen molar-refractivity contribution in [1.29, 1.82) is 0 Å². The lowest BCUT2D eigenvalue weighted by Gasteiger charge is -2.11. The van der Waals surface area contributed by atoms with Gasteiger partial charge in [-0.15, -0.1) is 0 Å². The summed E-state index contributed by atoms with van der Waals surface area (Å²) in [7, 11) is 0. The van der Waals surface area contributed by atoms with E-state index in [-0.39, 0.29) is 0 Å². The van der Waals surface area contributed by atoms with Crippen LogP contribution in [-0.4, -0.2) is 4.98 Å². The highest BCUT2D eigenvalue weighted by Gasteiger charge is 2.26. The molecular formula is C12H10N2O2. The van der Waals surface area contributed by atoms with Crippen molar-refractivity contribution < 1.29 is 9.47 Å². The molecule has 0 fully saturated rings. The van der Waals surface area contributed by atoms with E-state index >= 15 is 0 Å². The average molecular weight is 214 g/mol. The number of para-hydroxylation sites is 2. The molecule has 0 atom stereocenters. The second-order valence-corrected chi connectivity index (χ2v) is 3.49. The van der Waals surface area contributed by atoms with Gasteiger partial charge in [-0.05, 0) is 24.3 Å². The highest BCUT2D eigenvalue weighted by atomic mass is 16.7. The molecule has 3 rings (SSSR count). The van der Waals surface area contributed by atoms with E-state index in [2.05, 4.69) is 4.98 Å². The second-order valence-electron chi connectivity index (χ2n) is 3.49. The zero-order valence-corrected chi connectivity index (χ0v) is 8.46. The SMILES string of the molecule is Nc1ncccc1C1Oc2ccccc2O1. The first-order valence-electron chi connectivity index (χ1n) is 4.97. The first kappa shape index (κ1) is 9.03. The first-order valence-corrected chi connectivity index (χ1v) is 4.97. The number of anilines is 1. The zero-order chi connectivity index (χ0) is 11.0. The van der Waals surface area contributed by atoms with E-state index in [4.69, 9.17) is 15.2 Å². The molecular weight excluding hydrogens is 204 g/mol. The van der Waals surface area contributed by atoms with Gasteiger partial charge in [0.25, 0.3) is 6.29 Å². The summed E-state index contributed by atoms with van der Waals surface area (Å²) in [6, 6.07) is 11.2. The smallest absolute Gasteiger partial charge is 0.271 e. The van der Waals surface area contributed by atoms with Crippen LogP contribution in [0.3, 0.4) is 0 Å². The molecule has 2 N–H and O–H groups in total. The molecule has 16 heavy (non-hydrogen) atoms. The fourth-order valence-corrected chi connectivity index (χ4v) is 1.66. The number of nitrogen functional groups attached to an aromatic ring is 1. The molecule has 1 aliphatic heterocycles. The molecule has 1 aliphatic rings. The number of hydrogen-bond donors (Lipinski definition) is 1. The van der Waals surface area contributed by atoms with E-state index in [0.717, 1.165) is 17.1 Å². The number of ether oxygens (including phenoxy) is 2. The summed E-state index contributed by atoms with van der Waals surface area (Å²) >= 11 is 0. The Labute approximate surface area is 92.6 Å². The van der Waals surface area contributed by atoms with Gasteiger partial charge in [0.15, 0.2) is 11.5 Å². The maximum atomic E-state index is 5.76. The minimum atomic E-state index is -0.494. The van der Waals surface area contributed by atoms with Gasteiger partial charge in [0.2, 0.25) is 0 Å². The maximum Gasteiger partial charge on any atom is 0.271 e. The van der Waals surface area contributed by atoms with Gasteiger partial charge in [0, 0.05) is 6.20 Å². The molecule has 2 heterocycles. The Morgan fingerprint density at radius 2 is 1.69 bits per heavy atom. The fourth-order valence-electron chi connectivity index (χ4n) is 1.66. The van der Waals surface area contributed by atoms with E-state index in [1.165, 1.54) is 0 Å². The van der Waals surface area contributed by atoms with Crippen LogP contribution in [0.15, 0.2) is 42.6 Å². The third kappa shape index (κ3) is 1.35. The molecule has 0 radical (unpaired) electrons. The second kappa shape index (κ2) is 3.41. The number of benzene rings is 1. The lowest BCUT2D eigenvalue weighted by Crippen LogP contribution is -2.11. The molecule has 80 valence electrons. The summed E-state index contributed by atoms with van der Waals surface area (Å²) in [4.78, 5) is 4.00. The Kier molecular flexibility index (Phi) is 1.93. The van der Waals surface area contributed by atoms with Crippen LogP contribution >= 0.6 is 0 Å². The molecule has 0 saturated heterocycles. The molecule has 4 heteroatoms. The fraction of sp³-hybridized carbons (Fsp3) is 0.0833. The molecule has 2 aromatic rings. The lowest BCUT2D eigenvalue weighted by molar-refractivity contribution is 0.0491. The summed E-state index contributed by atoms with van der Waals surface area (Å²) in [6.45, 7) is 0. The zero-order valence-electron chi connectivity index (χ0n) is 8.46. The van der Waals surface area contributed by atoms with Crippen LogP contribution in [-0.2, 0) is 0 Å². The monoisotopic (exact) mass is 214 g/mol. The van der Waals surface area contributed by atoms with E-state index in [1.54, 1.807) is 12.3 Å². The van der Waals surface area contributed by atoms with Crippen LogP contribution in [0, 0.1) is 0 Å². The molecule has 0 aliphatic carbocycles. The molecule has 0 unspecified atom stereocenters. The Morgan fingerprint density at radius 1 is 1.00 bits per heavy atom. The number of hydrogen-bond acceptors (Lipinski definition) is 4. The van der Waals surface area contributed by atoms with Crippen molar-refractivity contribution in [2.24, 2.45) is 0 Å². The highest BCUT2D eigenvalue weighted by Crippen LogP contribution is 2.40.